The average molecular weight is 233 g/mol. The molecule has 0 aromatic heterocycles. The molecule has 0 heterocycles. The fourth-order valence-electron chi connectivity index (χ4n) is 1.03. The first-order chi connectivity index (χ1) is 7.39. The Morgan fingerprint density at radius 1 is 1.31 bits per heavy atom. The lowest BCUT2D eigenvalue weighted by molar-refractivity contribution is -0.148. The third-order valence-corrected chi connectivity index (χ3v) is 1.77. The van der Waals surface area contributed by atoms with E-state index in [2.05, 4.69) is 10.3 Å². The van der Waals surface area contributed by atoms with Crippen LogP contribution in [0.25, 0.3) is 0 Å². The zero-order valence-corrected chi connectivity index (χ0v) is 8.47. The standard InChI is InChI=1S/C10H10F3NO2/c1-7(15)16-14-6-8-2-4-9(5-3-8)10(11,12)13/h2-5,14H,6H2,1H3. The van der Waals surface area contributed by atoms with Crippen molar-refractivity contribution in [3.8, 4) is 0 Å². The van der Waals surface area contributed by atoms with Crippen molar-refractivity contribution in [2.45, 2.75) is 19.6 Å². The highest BCUT2D eigenvalue weighted by Crippen LogP contribution is 2.28. The quantitative estimate of drug-likeness (QED) is 0.814. The molecule has 0 unspecified atom stereocenters. The molecule has 6 heteroatoms. The van der Waals surface area contributed by atoms with Crippen molar-refractivity contribution in [2.75, 3.05) is 0 Å². The van der Waals surface area contributed by atoms with Gasteiger partial charge in [0.15, 0.2) is 0 Å². The van der Waals surface area contributed by atoms with Crippen molar-refractivity contribution in [1.82, 2.24) is 5.48 Å². The van der Waals surface area contributed by atoms with Crippen molar-refractivity contribution >= 4 is 5.97 Å². The van der Waals surface area contributed by atoms with Gasteiger partial charge in [0.05, 0.1) is 12.1 Å². The van der Waals surface area contributed by atoms with E-state index in [-0.39, 0.29) is 6.54 Å². The normalized spacial score (nSPS) is 11.2. The highest BCUT2D eigenvalue weighted by Gasteiger charge is 2.29. The van der Waals surface area contributed by atoms with Crippen LogP contribution in [0.2, 0.25) is 0 Å². The van der Waals surface area contributed by atoms with Gasteiger partial charge in [-0.2, -0.15) is 13.2 Å². The summed E-state index contributed by atoms with van der Waals surface area (Å²) in [6, 6.07) is 4.59. The summed E-state index contributed by atoms with van der Waals surface area (Å²) in [5.74, 6) is -0.507. The molecular formula is C10H10F3NO2. The van der Waals surface area contributed by atoms with E-state index in [1.165, 1.54) is 19.1 Å². The Kier molecular flexibility index (Phi) is 3.89. The topological polar surface area (TPSA) is 38.3 Å². The summed E-state index contributed by atoms with van der Waals surface area (Å²) < 4.78 is 36.6. The minimum absolute atomic E-state index is 0.164. The second kappa shape index (κ2) is 4.98. The van der Waals surface area contributed by atoms with Gasteiger partial charge in [-0.15, -0.1) is 5.48 Å². The first-order valence-electron chi connectivity index (χ1n) is 4.46. The van der Waals surface area contributed by atoms with Crippen LogP contribution in [0.15, 0.2) is 24.3 Å². The molecule has 3 nitrogen and oxygen atoms in total. The van der Waals surface area contributed by atoms with E-state index in [9.17, 15) is 18.0 Å². The maximum absolute atomic E-state index is 12.2. The Morgan fingerprint density at radius 3 is 2.31 bits per heavy atom. The van der Waals surface area contributed by atoms with Crippen LogP contribution in [0.4, 0.5) is 13.2 Å². The van der Waals surface area contributed by atoms with Gasteiger partial charge in [0.2, 0.25) is 0 Å². The molecule has 1 aromatic rings. The lowest BCUT2D eigenvalue weighted by atomic mass is 10.1. The lowest BCUT2D eigenvalue weighted by Crippen LogP contribution is -2.17. The van der Waals surface area contributed by atoms with Crippen LogP contribution in [-0.2, 0) is 22.4 Å². The monoisotopic (exact) mass is 233 g/mol. The maximum Gasteiger partial charge on any atom is 0.416 e. The number of hydrogen-bond donors (Lipinski definition) is 1. The molecule has 0 radical (unpaired) electrons. The molecule has 0 amide bonds. The van der Waals surface area contributed by atoms with Gasteiger partial charge in [-0.1, -0.05) is 12.1 Å². The molecule has 0 aliphatic rings. The van der Waals surface area contributed by atoms with E-state index in [0.717, 1.165) is 12.1 Å². The van der Waals surface area contributed by atoms with Gasteiger partial charge in [-0.25, -0.2) is 0 Å². The van der Waals surface area contributed by atoms with Gasteiger partial charge in [-0.05, 0) is 17.7 Å². The van der Waals surface area contributed by atoms with Gasteiger partial charge in [-0.3, -0.25) is 4.79 Å². The van der Waals surface area contributed by atoms with Gasteiger partial charge in [0.25, 0.3) is 0 Å². The highest BCUT2D eigenvalue weighted by molar-refractivity contribution is 5.65. The molecule has 88 valence electrons. The van der Waals surface area contributed by atoms with E-state index in [4.69, 9.17) is 0 Å². The summed E-state index contributed by atoms with van der Waals surface area (Å²) in [7, 11) is 0. The van der Waals surface area contributed by atoms with Crippen LogP contribution in [0.3, 0.4) is 0 Å². The van der Waals surface area contributed by atoms with Crippen LogP contribution in [-0.4, -0.2) is 5.97 Å². The molecule has 0 aliphatic carbocycles. The molecule has 1 aromatic carbocycles. The first kappa shape index (κ1) is 12.5. The lowest BCUT2D eigenvalue weighted by Gasteiger charge is -2.07. The summed E-state index contributed by atoms with van der Waals surface area (Å²) in [5.41, 5.74) is 2.22. The summed E-state index contributed by atoms with van der Waals surface area (Å²) in [5, 5.41) is 0. The number of carbonyl (C=O) groups is 1. The molecule has 16 heavy (non-hydrogen) atoms. The average Bonchev–Trinajstić information content (AvgIpc) is 2.16. The maximum atomic E-state index is 12.2. The molecule has 0 saturated carbocycles. The number of alkyl halides is 3. The Bertz CT molecular complexity index is 359. The third kappa shape index (κ3) is 3.90. The Balaban J connectivity index is 2.55. The summed E-state index contributed by atoms with van der Waals surface area (Å²) >= 11 is 0. The van der Waals surface area contributed by atoms with Crippen molar-refractivity contribution in [3.63, 3.8) is 0 Å². The Hall–Kier alpha value is -1.56. The number of hydroxylamine groups is 1. The van der Waals surface area contributed by atoms with Crippen molar-refractivity contribution < 1.29 is 22.8 Å². The molecule has 0 bridgehead atoms. The Morgan fingerprint density at radius 2 is 1.88 bits per heavy atom. The molecule has 0 spiro atoms. The van der Waals surface area contributed by atoms with E-state index in [1.54, 1.807) is 0 Å². The van der Waals surface area contributed by atoms with E-state index in [0.29, 0.717) is 5.56 Å². The fraction of sp³-hybridized carbons (Fsp3) is 0.300. The van der Waals surface area contributed by atoms with Crippen molar-refractivity contribution in [2.24, 2.45) is 0 Å². The minimum atomic E-state index is -4.33. The molecular weight excluding hydrogens is 223 g/mol. The third-order valence-electron chi connectivity index (χ3n) is 1.77. The van der Waals surface area contributed by atoms with Gasteiger partial charge in [0, 0.05) is 6.92 Å². The van der Waals surface area contributed by atoms with Crippen LogP contribution in [0, 0.1) is 0 Å². The number of hydrogen-bond acceptors (Lipinski definition) is 3. The molecule has 1 rings (SSSR count). The van der Waals surface area contributed by atoms with Crippen LogP contribution < -0.4 is 5.48 Å². The summed E-state index contributed by atoms with van der Waals surface area (Å²) in [4.78, 5) is 14.8. The zero-order chi connectivity index (χ0) is 12.2. The fourth-order valence-corrected chi connectivity index (χ4v) is 1.03. The smallest absolute Gasteiger partial charge is 0.371 e. The summed E-state index contributed by atoms with van der Waals surface area (Å²) in [6.07, 6.45) is -4.33. The summed E-state index contributed by atoms with van der Waals surface area (Å²) in [6.45, 7) is 1.39. The van der Waals surface area contributed by atoms with Crippen LogP contribution in [0.5, 0.6) is 0 Å². The number of halogens is 3. The number of benzene rings is 1. The number of nitrogens with one attached hydrogen (secondary N) is 1. The van der Waals surface area contributed by atoms with E-state index in [1.807, 2.05) is 0 Å². The van der Waals surface area contributed by atoms with E-state index >= 15 is 0 Å². The van der Waals surface area contributed by atoms with Crippen molar-refractivity contribution in [3.05, 3.63) is 35.4 Å². The predicted molar refractivity (Wildman–Crippen MR) is 50.0 cm³/mol. The van der Waals surface area contributed by atoms with Gasteiger partial charge >= 0.3 is 12.1 Å². The van der Waals surface area contributed by atoms with Crippen LogP contribution >= 0.6 is 0 Å². The molecule has 0 saturated heterocycles. The second-order valence-corrected chi connectivity index (χ2v) is 3.11. The van der Waals surface area contributed by atoms with E-state index < -0.39 is 17.7 Å². The number of carbonyl (C=O) groups excluding carboxylic acids is 1. The predicted octanol–water partition coefficient (Wildman–Crippen LogP) is 2.27. The van der Waals surface area contributed by atoms with Gasteiger partial charge < -0.3 is 4.84 Å². The minimum Gasteiger partial charge on any atom is -0.371 e. The SMILES string of the molecule is CC(=O)ONCc1ccc(C(F)(F)F)cc1. The zero-order valence-electron chi connectivity index (χ0n) is 8.47. The molecule has 0 aliphatic heterocycles. The molecule has 0 atom stereocenters. The highest BCUT2D eigenvalue weighted by atomic mass is 19.4. The van der Waals surface area contributed by atoms with Crippen molar-refractivity contribution in [1.29, 1.82) is 0 Å². The van der Waals surface area contributed by atoms with Gasteiger partial charge in [0.1, 0.15) is 0 Å². The molecule has 0 fully saturated rings. The Labute approximate surface area is 90.2 Å². The largest absolute Gasteiger partial charge is 0.416 e. The first-order valence-corrected chi connectivity index (χ1v) is 4.46. The number of rotatable bonds is 3. The van der Waals surface area contributed by atoms with Crippen LogP contribution in [0.1, 0.15) is 18.1 Å². The second-order valence-electron chi connectivity index (χ2n) is 3.11. The molecule has 1 N–H and O–H groups in total.